The third-order valence-electron chi connectivity index (χ3n) is 4.84. The summed E-state index contributed by atoms with van der Waals surface area (Å²) < 4.78 is 1.54. The molecule has 0 saturated heterocycles. The van der Waals surface area contributed by atoms with Gasteiger partial charge in [0.25, 0.3) is 0 Å². The molecule has 26 heavy (non-hydrogen) atoms. The van der Waals surface area contributed by atoms with E-state index in [0.717, 1.165) is 43.4 Å². The van der Waals surface area contributed by atoms with E-state index in [9.17, 15) is 14.7 Å². The molecule has 0 radical (unpaired) electrons. The lowest BCUT2D eigenvalue weighted by Crippen LogP contribution is -2.44. The predicted octanol–water partition coefficient (Wildman–Crippen LogP) is 1.74. The first-order valence-corrected chi connectivity index (χ1v) is 8.98. The summed E-state index contributed by atoms with van der Waals surface area (Å²) in [5, 5.41) is 23.4. The van der Waals surface area contributed by atoms with E-state index >= 15 is 0 Å². The van der Waals surface area contributed by atoms with Crippen molar-refractivity contribution in [3.63, 3.8) is 0 Å². The number of nitrogens with zero attached hydrogens (tertiary/aromatic N) is 4. The van der Waals surface area contributed by atoms with Crippen molar-refractivity contribution in [2.45, 2.75) is 51.0 Å². The zero-order chi connectivity index (χ0) is 18.4. The summed E-state index contributed by atoms with van der Waals surface area (Å²) in [6, 6.07) is 7.09. The molecule has 0 spiro atoms. The molecule has 2 aromatic rings. The number of carbonyl (C=O) groups excluding carboxylic acids is 1. The second-order valence-corrected chi connectivity index (χ2v) is 6.71. The highest BCUT2D eigenvalue weighted by Gasteiger charge is 2.29. The zero-order valence-electron chi connectivity index (χ0n) is 14.5. The summed E-state index contributed by atoms with van der Waals surface area (Å²) in [5.41, 5.74) is 1.67. The SMILES string of the molecule is O=C(Cc1ccc(-n2cnnn2)cc1)NC1CCCCCCC1C(=O)O. The van der Waals surface area contributed by atoms with Crippen LogP contribution in [0.5, 0.6) is 0 Å². The Morgan fingerprint density at radius 1 is 1.12 bits per heavy atom. The van der Waals surface area contributed by atoms with Crippen molar-refractivity contribution in [3.05, 3.63) is 36.2 Å². The van der Waals surface area contributed by atoms with Crippen LogP contribution in [0.1, 0.15) is 44.1 Å². The van der Waals surface area contributed by atoms with Gasteiger partial charge in [-0.3, -0.25) is 9.59 Å². The largest absolute Gasteiger partial charge is 0.481 e. The molecule has 1 fully saturated rings. The quantitative estimate of drug-likeness (QED) is 0.843. The Balaban J connectivity index is 1.60. The maximum absolute atomic E-state index is 12.4. The molecule has 1 saturated carbocycles. The molecule has 138 valence electrons. The molecule has 2 atom stereocenters. The fourth-order valence-corrected chi connectivity index (χ4v) is 3.44. The first-order valence-electron chi connectivity index (χ1n) is 8.98. The maximum atomic E-state index is 12.4. The number of carbonyl (C=O) groups is 2. The molecular formula is C18H23N5O3. The number of hydrogen-bond donors (Lipinski definition) is 2. The van der Waals surface area contributed by atoms with E-state index in [2.05, 4.69) is 20.8 Å². The monoisotopic (exact) mass is 357 g/mol. The highest BCUT2D eigenvalue weighted by atomic mass is 16.4. The van der Waals surface area contributed by atoms with Crippen molar-refractivity contribution in [2.75, 3.05) is 0 Å². The minimum atomic E-state index is -0.817. The lowest BCUT2D eigenvalue weighted by molar-refractivity contribution is -0.143. The van der Waals surface area contributed by atoms with E-state index in [4.69, 9.17) is 0 Å². The first kappa shape index (κ1) is 18.0. The van der Waals surface area contributed by atoms with E-state index in [1.165, 1.54) is 11.0 Å². The van der Waals surface area contributed by atoms with Gasteiger partial charge in [-0.2, -0.15) is 0 Å². The van der Waals surface area contributed by atoms with Crippen LogP contribution in [-0.2, 0) is 16.0 Å². The average Bonchev–Trinajstić information content (AvgIpc) is 3.12. The third-order valence-corrected chi connectivity index (χ3v) is 4.84. The van der Waals surface area contributed by atoms with Crippen LogP contribution in [0.3, 0.4) is 0 Å². The third kappa shape index (κ3) is 4.65. The maximum Gasteiger partial charge on any atom is 0.308 e. The Morgan fingerprint density at radius 3 is 2.50 bits per heavy atom. The number of hydrogen-bond acceptors (Lipinski definition) is 5. The van der Waals surface area contributed by atoms with Gasteiger partial charge < -0.3 is 10.4 Å². The molecular weight excluding hydrogens is 334 g/mol. The molecule has 1 aliphatic rings. The lowest BCUT2D eigenvalue weighted by atomic mass is 9.86. The van der Waals surface area contributed by atoms with Crippen molar-refractivity contribution in [3.8, 4) is 5.69 Å². The Bertz CT molecular complexity index is 730. The lowest BCUT2D eigenvalue weighted by Gasteiger charge is -2.27. The van der Waals surface area contributed by atoms with Crippen molar-refractivity contribution in [2.24, 2.45) is 5.92 Å². The summed E-state index contributed by atoms with van der Waals surface area (Å²) in [4.78, 5) is 24.0. The fourth-order valence-electron chi connectivity index (χ4n) is 3.44. The number of aromatic nitrogens is 4. The summed E-state index contributed by atoms with van der Waals surface area (Å²) in [5.74, 6) is -1.46. The van der Waals surface area contributed by atoms with Crippen molar-refractivity contribution >= 4 is 11.9 Å². The molecule has 2 N–H and O–H groups in total. The van der Waals surface area contributed by atoms with E-state index in [1.807, 2.05) is 24.3 Å². The van der Waals surface area contributed by atoms with Gasteiger partial charge in [-0.25, -0.2) is 4.68 Å². The van der Waals surface area contributed by atoms with Crippen LogP contribution < -0.4 is 5.32 Å². The van der Waals surface area contributed by atoms with Crippen molar-refractivity contribution in [1.82, 2.24) is 25.5 Å². The van der Waals surface area contributed by atoms with Gasteiger partial charge in [0.2, 0.25) is 5.91 Å². The summed E-state index contributed by atoms with van der Waals surface area (Å²) >= 11 is 0. The van der Waals surface area contributed by atoms with Crippen LogP contribution in [-0.4, -0.2) is 43.2 Å². The van der Waals surface area contributed by atoms with Gasteiger partial charge in [0.15, 0.2) is 0 Å². The Kier molecular flexibility index (Phi) is 5.93. The highest BCUT2D eigenvalue weighted by molar-refractivity contribution is 5.80. The van der Waals surface area contributed by atoms with E-state index in [-0.39, 0.29) is 18.4 Å². The normalized spacial score (nSPS) is 20.8. The van der Waals surface area contributed by atoms with Crippen molar-refractivity contribution in [1.29, 1.82) is 0 Å². The van der Waals surface area contributed by atoms with Crippen molar-refractivity contribution < 1.29 is 14.7 Å². The number of benzene rings is 1. The summed E-state index contributed by atoms with van der Waals surface area (Å²) in [6.07, 6.45) is 7.09. The summed E-state index contributed by atoms with van der Waals surface area (Å²) in [7, 11) is 0. The number of carboxylic acid groups (broad SMARTS) is 1. The Hall–Kier alpha value is -2.77. The van der Waals surface area contributed by atoms with E-state index < -0.39 is 11.9 Å². The van der Waals surface area contributed by atoms with E-state index in [1.54, 1.807) is 0 Å². The number of nitrogens with one attached hydrogen (secondary N) is 1. The number of carboxylic acids is 1. The first-order chi connectivity index (χ1) is 12.6. The molecule has 3 rings (SSSR count). The van der Waals surface area contributed by atoms with Crippen LogP contribution in [0.25, 0.3) is 5.69 Å². The molecule has 0 aliphatic heterocycles. The second-order valence-electron chi connectivity index (χ2n) is 6.71. The molecule has 2 unspecified atom stereocenters. The molecule has 8 heteroatoms. The smallest absolute Gasteiger partial charge is 0.308 e. The highest BCUT2D eigenvalue weighted by Crippen LogP contribution is 2.23. The fraction of sp³-hybridized carbons (Fsp3) is 0.500. The number of tetrazole rings is 1. The van der Waals surface area contributed by atoms with Gasteiger partial charge in [0.1, 0.15) is 6.33 Å². The summed E-state index contributed by atoms with van der Waals surface area (Å²) in [6.45, 7) is 0. The molecule has 1 aromatic heterocycles. The molecule has 1 aromatic carbocycles. The Morgan fingerprint density at radius 2 is 1.85 bits per heavy atom. The molecule has 0 bridgehead atoms. The van der Waals surface area contributed by atoms with Crippen LogP contribution in [0.4, 0.5) is 0 Å². The number of amides is 1. The predicted molar refractivity (Wildman–Crippen MR) is 93.6 cm³/mol. The molecule has 8 nitrogen and oxygen atoms in total. The van der Waals surface area contributed by atoms with Gasteiger partial charge >= 0.3 is 5.97 Å². The zero-order valence-corrected chi connectivity index (χ0v) is 14.5. The second kappa shape index (κ2) is 8.55. The minimum absolute atomic E-state index is 0.142. The number of aliphatic carboxylic acids is 1. The van der Waals surface area contributed by atoms with Gasteiger partial charge in [-0.15, -0.1) is 5.10 Å². The van der Waals surface area contributed by atoms with Crippen LogP contribution >= 0.6 is 0 Å². The van der Waals surface area contributed by atoms with Crippen LogP contribution in [0, 0.1) is 5.92 Å². The van der Waals surface area contributed by atoms with Crippen LogP contribution in [0.2, 0.25) is 0 Å². The van der Waals surface area contributed by atoms with Gasteiger partial charge in [-0.1, -0.05) is 37.8 Å². The topological polar surface area (TPSA) is 110 Å². The molecule has 1 aliphatic carbocycles. The number of rotatable bonds is 5. The van der Waals surface area contributed by atoms with Crippen LogP contribution in [0.15, 0.2) is 30.6 Å². The molecule has 1 amide bonds. The Labute approximate surface area is 151 Å². The average molecular weight is 357 g/mol. The van der Waals surface area contributed by atoms with Gasteiger partial charge in [0, 0.05) is 6.04 Å². The minimum Gasteiger partial charge on any atom is -0.481 e. The van der Waals surface area contributed by atoms with E-state index in [0.29, 0.717) is 6.42 Å². The van der Waals surface area contributed by atoms with Gasteiger partial charge in [0.05, 0.1) is 18.0 Å². The standard InChI is InChI=1S/C18H23N5O3/c24-17(20-16-6-4-2-1-3-5-15(16)18(25)26)11-13-7-9-14(10-8-13)23-12-19-21-22-23/h7-10,12,15-16H,1-6,11H2,(H,20,24)(H,25,26). The molecule has 1 heterocycles. The van der Waals surface area contributed by atoms with Gasteiger partial charge in [-0.05, 0) is 41.0 Å².